The molecule has 0 aliphatic carbocycles. The molecule has 39 heavy (non-hydrogen) atoms. The van der Waals surface area contributed by atoms with Gasteiger partial charge in [-0.15, -0.1) is 0 Å². The molecule has 226 valence electrons. The van der Waals surface area contributed by atoms with E-state index in [4.69, 9.17) is 4.74 Å². The molecule has 1 saturated heterocycles. The largest absolute Gasteiger partial charge is 0.469 e. The number of unbranched alkanes of at least 4 members (excludes halogenated alkanes) is 3. The molecule has 3 amide bonds. The zero-order valence-corrected chi connectivity index (χ0v) is 23.9. The minimum atomic E-state index is -1.24. The maximum atomic E-state index is 12.9. The van der Waals surface area contributed by atoms with Gasteiger partial charge in [-0.25, -0.2) is 4.79 Å². The van der Waals surface area contributed by atoms with Crippen molar-refractivity contribution in [2.45, 2.75) is 109 Å². The van der Waals surface area contributed by atoms with E-state index < -0.39 is 42.0 Å². The van der Waals surface area contributed by atoms with E-state index in [0.717, 1.165) is 6.42 Å². The molecule has 0 radical (unpaired) electrons. The number of amides is 3. The van der Waals surface area contributed by atoms with Crippen LogP contribution in [0.25, 0.3) is 0 Å². The Hall–Kier alpha value is -2.48. The fourth-order valence-electron chi connectivity index (χ4n) is 4.44. The minimum Gasteiger partial charge on any atom is -0.469 e. The van der Waals surface area contributed by atoms with Gasteiger partial charge in [-0.3, -0.25) is 19.3 Å². The van der Waals surface area contributed by atoms with Crippen molar-refractivity contribution < 1.29 is 44.0 Å². The topological polar surface area (TPSA) is 187 Å². The molecule has 1 aliphatic heterocycles. The summed E-state index contributed by atoms with van der Waals surface area (Å²) in [6.45, 7) is 7.22. The van der Waals surface area contributed by atoms with Crippen molar-refractivity contribution in [3.05, 3.63) is 0 Å². The zero-order chi connectivity index (χ0) is 29.6. The Morgan fingerprint density at radius 3 is 2.31 bits per heavy atom. The number of piperidine rings is 1. The number of esters is 1. The Bertz CT molecular complexity index is 790. The SMILES string of the molecule is COC(=O)CCCCCNC(=O)[C@H](CCCCN1C[C@H](NC(C)=O)[C@@H](O)[C@H](O)[C@H]1CO)NC(=O)OC(C)(C)C. The summed E-state index contributed by atoms with van der Waals surface area (Å²) in [5, 5.41) is 38.6. The van der Waals surface area contributed by atoms with Crippen molar-refractivity contribution in [2.75, 3.05) is 33.4 Å². The van der Waals surface area contributed by atoms with Gasteiger partial charge in [0, 0.05) is 26.4 Å². The average Bonchev–Trinajstić information content (AvgIpc) is 2.84. The van der Waals surface area contributed by atoms with E-state index in [9.17, 15) is 34.5 Å². The molecule has 0 aromatic heterocycles. The average molecular weight is 561 g/mol. The van der Waals surface area contributed by atoms with Crippen molar-refractivity contribution in [2.24, 2.45) is 0 Å². The van der Waals surface area contributed by atoms with Crippen LogP contribution in [0.5, 0.6) is 0 Å². The number of methoxy groups -OCH3 is 1. The summed E-state index contributed by atoms with van der Waals surface area (Å²) >= 11 is 0. The summed E-state index contributed by atoms with van der Waals surface area (Å²) in [5.41, 5.74) is -0.728. The van der Waals surface area contributed by atoms with Gasteiger partial charge >= 0.3 is 12.1 Å². The predicted molar refractivity (Wildman–Crippen MR) is 143 cm³/mol. The van der Waals surface area contributed by atoms with Crippen molar-refractivity contribution in [1.82, 2.24) is 20.9 Å². The molecule has 0 spiro atoms. The first-order valence-electron chi connectivity index (χ1n) is 13.6. The van der Waals surface area contributed by atoms with Crippen LogP contribution < -0.4 is 16.0 Å². The fraction of sp³-hybridized carbons (Fsp3) is 0.846. The number of ether oxygens (including phenoxy) is 2. The molecule has 6 N–H and O–H groups in total. The molecular weight excluding hydrogens is 512 g/mol. The van der Waals surface area contributed by atoms with Crippen LogP contribution in [0.2, 0.25) is 0 Å². The summed E-state index contributed by atoms with van der Waals surface area (Å²) in [6.07, 6.45) is 0.674. The molecule has 13 nitrogen and oxygen atoms in total. The number of aliphatic hydroxyl groups is 3. The van der Waals surface area contributed by atoms with Gasteiger partial charge in [0.2, 0.25) is 11.8 Å². The Morgan fingerprint density at radius 1 is 1.03 bits per heavy atom. The van der Waals surface area contributed by atoms with Crippen molar-refractivity contribution in [1.29, 1.82) is 0 Å². The van der Waals surface area contributed by atoms with Gasteiger partial charge in [-0.05, 0) is 59.4 Å². The first-order chi connectivity index (χ1) is 18.3. The van der Waals surface area contributed by atoms with Gasteiger partial charge < -0.3 is 40.7 Å². The van der Waals surface area contributed by atoms with Crippen molar-refractivity contribution in [3.8, 4) is 0 Å². The molecule has 0 aromatic rings. The third kappa shape index (κ3) is 13.4. The molecule has 13 heteroatoms. The van der Waals surface area contributed by atoms with E-state index in [1.165, 1.54) is 14.0 Å². The normalized spacial score (nSPS) is 22.5. The first kappa shape index (κ1) is 34.5. The Balaban J connectivity index is 2.66. The van der Waals surface area contributed by atoms with E-state index in [1.807, 2.05) is 4.90 Å². The van der Waals surface area contributed by atoms with Crippen molar-refractivity contribution >= 4 is 23.9 Å². The molecule has 1 fully saturated rings. The maximum Gasteiger partial charge on any atom is 0.408 e. The van der Waals surface area contributed by atoms with Gasteiger partial charge in [0.1, 0.15) is 17.7 Å². The second-order valence-electron chi connectivity index (χ2n) is 10.9. The van der Waals surface area contributed by atoms with Crippen molar-refractivity contribution in [3.63, 3.8) is 0 Å². The van der Waals surface area contributed by atoms with Crippen LogP contribution in [0, 0.1) is 0 Å². The van der Waals surface area contributed by atoms with E-state index in [2.05, 4.69) is 20.7 Å². The molecule has 1 rings (SSSR count). The third-order valence-electron chi connectivity index (χ3n) is 6.41. The molecule has 1 aliphatic rings. The predicted octanol–water partition coefficient (Wildman–Crippen LogP) is -0.197. The number of rotatable bonds is 15. The van der Waals surface area contributed by atoms with E-state index in [0.29, 0.717) is 51.6 Å². The van der Waals surface area contributed by atoms with Crippen LogP contribution in [0.1, 0.15) is 72.6 Å². The Morgan fingerprint density at radius 2 is 1.72 bits per heavy atom. The monoisotopic (exact) mass is 560 g/mol. The number of alkyl carbamates (subject to hydrolysis) is 1. The van der Waals surface area contributed by atoms with Crippen LogP contribution >= 0.6 is 0 Å². The molecule has 0 aromatic carbocycles. The molecule has 0 bridgehead atoms. The Kier molecular flexibility index (Phi) is 15.3. The highest BCUT2D eigenvalue weighted by molar-refractivity contribution is 5.85. The number of hydrogen-bond acceptors (Lipinski definition) is 10. The number of hydrogen-bond donors (Lipinski definition) is 6. The van der Waals surface area contributed by atoms with Crippen LogP contribution in [0.4, 0.5) is 4.79 Å². The number of nitrogens with one attached hydrogen (secondary N) is 3. The lowest BCUT2D eigenvalue weighted by molar-refractivity contribution is -0.140. The fourth-order valence-corrected chi connectivity index (χ4v) is 4.44. The quantitative estimate of drug-likeness (QED) is 0.116. The summed E-state index contributed by atoms with van der Waals surface area (Å²) in [7, 11) is 1.34. The highest BCUT2D eigenvalue weighted by Crippen LogP contribution is 2.20. The summed E-state index contributed by atoms with van der Waals surface area (Å²) in [6, 6.07) is -2.20. The number of aliphatic hydroxyl groups excluding tert-OH is 3. The lowest BCUT2D eigenvalue weighted by Crippen LogP contribution is -2.66. The van der Waals surface area contributed by atoms with E-state index >= 15 is 0 Å². The lowest BCUT2D eigenvalue weighted by atomic mass is 9.92. The summed E-state index contributed by atoms with van der Waals surface area (Å²) in [4.78, 5) is 49.7. The van der Waals surface area contributed by atoms with Gasteiger partial charge in [0.15, 0.2) is 0 Å². The molecule has 0 saturated carbocycles. The van der Waals surface area contributed by atoms with Gasteiger partial charge in [0.05, 0.1) is 31.9 Å². The third-order valence-corrected chi connectivity index (χ3v) is 6.41. The zero-order valence-electron chi connectivity index (χ0n) is 23.9. The van der Waals surface area contributed by atoms with Gasteiger partial charge in [0.25, 0.3) is 0 Å². The van der Waals surface area contributed by atoms with Gasteiger partial charge in [-0.2, -0.15) is 0 Å². The second-order valence-corrected chi connectivity index (χ2v) is 10.9. The second kappa shape index (κ2) is 17.3. The van der Waals surface area contributed by atoms with E-state index in [-0.39, 0.29) is 30.9 Å². The minimum absolute atomic E-state index is 0.249. The summed E-state index contributed by atoms with van der Waals surface area (Å²) < 4.78 is 9.92. The van der Waals surface area contributed by atoms with Crippen LogP contribution in [-0.2, 0) is 23.9 Å². The highest BCUT2D eigenvalue weighted by atomic mass is 16.6. The van der Waals surface area contributed by atoms with Crippen LogP contribution in [0.3, 0.4) is 0 Å². The first-order valence-corrected chi connectivity index (χ1v) is 13.6. The van der Waals surface area contributed by atoms with Crippen LogP contribution in [0.15, 0.2) is 0 Å². The number of carbonyl (C=O) groups excluding carboxylic acids is 4. The van der Waals surface area contributed by atoms with Gasteiger partial charge in [-0.1, -0.05) is 6.42 Å². The molecular formula is C26H48N4O9. The highest BCUT2D eigenvalue weighted by Gasteiger charge is 2.41. The number of carbonyl (C=O) groups is 4. The smallest absolute Gasteiger partial charge is 0.408 e. The standard InChI is InChI=1S/C26H48N4O9/c1-17(32)28-19-15-30(20(16-31)23(35)22(19)34)14-10-8-11-18(29-25(37)39-26(2,3)4)24(36)27-13-9-6-7-12-21(33)38-5/h18-20,22-23,31,34-35H,6-16H2,1-5H3,(H,27,36)(H,28,32)(H,29,37)/t18-,19-,20+,22+,23+/m0/s1. The summed E-state index contributed by atoms with van der Waals surface area (Å²) in [5.74, 6) is -0.949. The molecule has 1 heterocycles. The molecule has 5 atom stereocenters. The number of nitrogens with zero attached hydrogens (tertiary/aromatic N) is 1. The number of likely N-dealkylation sites (tertiary alicyclic amines) is 1. The molecule has 0 unspecified atom stereocenters. The van der Waals surface area contributed by atoms with Crippen LogP contribution in [-0.4, -0.2) is 113 Å². The Labute approximate surface area is 231 Å². The lowest BCUT2D eigenvalue weighted by Gasteiger charge is -2.45. The van der Waals surface area contributed by atoms with E-state index in [1.54, 1.807) is 20.8 Å². The maximum absolute atomic E-state index is 12.9.